The molecule has 1 saturated carbocycles. The van der Waals surface area contributed by atoms with E-state index in [1.807, 2.05) is 0 Å². The molecule has 112 valence electrons. The summed E-state index contributed by atoms with van der Waals surface area (Å²) in [4.78, 5) is 2.69. The average Bonchev–Trinajstić information content (AvgIpc) is 2.27. The molecule has 19 heavy (non-hydrogen) atoms. The molecule has 0 aromatic heterocycles. The van der Waals surface area contributed by atoms with Crippen LogP contribution < -0.4 is 0 Å². The first-order valence-corrected chi connectivity index (χ1v) is 8.38. The largest absolute Gasteiger partial charge is 0.298 e. The molecule has 0 amide bonds. The zero-order valence-corrected chi connectivity index (χ0v) is 14.2. The molecule has 0 atom stereocenters. The molecule has 1 saturated heterocycles. The number of nitrogens with zero attached hydrogens (tertiary/aromatic N) is 1. The van der Waals surface area contributed by atoms with Crippen LogP contribution in [0.1, 0.15) is 80.1 Å². The van der Waals surface area contributed by atoms with Gasteiger partial charge in [0.2, 0.25) is 0 Å². The van der Waals surface area contributed by atoms with Crippen molar-refractivity contribution in [3.63, 3.8) is 0 Å². The van der Waals surface area contributed by atoms with Crippen LogP contribution in [0, 0.1) is 16.7 Å². The minimum absolute atomic E-state index is 0.365. The second-order valence-corrected chi connectivity index (χ2v) is 9.30. The molecule has 0 radical (unpaired) electrons. The molecule has 1 heteroatoms. The molecular weight excluding hydrogens is 230 g/mol. The lowest BCUT2D eigenvalue weighted by Gasteiger charge is -2.50. The maximum absolute atomic E-state index is 2.69. The third-order valence-electron chi connectivity index (χ3n) is 6.04. The van der Waals surface area contributed by atoms with Crippen LogP contribution >= 0.6 is 0 Å². The van der Waals surface area contributed by atoms with Gasteiger partial charge in [-0.1, -0.05) is 20.8 Å². The van der Waals surface area contributed by atoms with Crippen LogP contribution in [0.3, 0.4) is 0 Å². The van der Waals surface area contributed by atoms with E-state index in [4.69, 9.17) is 0 Å². The van der Waals surface area contributed by atoms with Crippen LogP contribution in [0.15, 0.2) is 0 Å². The van der Waals surface area contributed by atoms with Gasteiger partial charge in [-0.3, -0.25) is 4.90 Å². The summed E-state index contributed by atoms with van der Waals surface area (Å²) in [6.45, 7) is 17.0. The third-order valence-corrected chi connectivity index (χ3v) is 6.04. The standard InChI is InChI=1S/C18H35N/c1-16(2,3)15-7-9-18(10-8-15)11-13-19(14-12-18)17(4,5)6/h15H,7-14H2,1-6H3. The Morgan fingerprint density at radius 2 is 1.26 bits per heavy atom. The molecule has 1 nitrogen and oxygen atoms in total. The van der Waals surface area contributed by atoms with Crippen molar-refractivity contribution in [1.29, 1.82) is 0 Å². The molecule has 0 unspecified atom stereocenters. The van der Waals surface area contributed by atoms with E-state index in [1.54, 1.807) is 0 Å². The molecule has 2 fully saturated rings. The Hall–Kier alpha value is -0.0400. The number of rotatable bonds is 0. The molecule has 0 bridgehead atoms. The first-order chi connectivity index (χ1) is 8.62. The van der Waals surface area contributed by atoms with Gasteiger partial charge in [-0.05, 0) is 89.1 Å². The summed E-state index contributed by atoms with van der Waals surface area (Å²) in [6.07, 6.45) is 8.82. The van der Waals surface area contributed by atoms with E-state index in [-0.39, 0.29) is 0 Å². The van der Waals surface area contributed by atoms with Gasteiger partial charge in [0.1, 0.15) is 0 Å². The topological polar surface area (TPSA) is 3.24 Å². The summed E-state index contributed by atoms with van der Waals surface area (Å²) in [5, 5.41) is 0. The van der Waals surface area contributed by atoms with Gasteiger partial charge >= 0.3 is 0 Å². The average molecular weight is 265 g/mol. The fourth-order valence-electron chi connectivity index (χ4n) is 4.25. The highest BCUT2D eigenvalue weighted by atomic mass is 15.2. The highest BCUT2D eigenvalue weighted by molar-refractivity contribution is 4.94. The van der Waals surface area contributed by atoms with Gasteiger partial charge in [0.15, 0.2) is 0 Å². The zero-order chi connectivity index (χ0) is 14.3. The highest BCUT2D eigenvalue weighted by Gasteiger charge is 2.41. The van der Waals surface area contributed by atoms with Gasteiger partial charge in [-0.15, -0.1) is 0 Å². The van der Waals surface area contributed by atoms with Crippen LogP contribution in [-0.4, -0.2) is 23.5 Å². The normalized spacial score (nSPS) is 26.8. The first kappa shape index (κ1) is 15.4. The predicted octanol–water partition coefficient (Wildman–Crippen LogP) is 5.10. The van der Waals surface area contributed by atoms with Crippen molar-refractivity contribution < 1.29 is 0 Å². The monoisotopic (exact) mass is 265 g/mol. The second kappa shape index (κ2) is 5.06. The van der Waals surface area contributed by atoms with Crippen LogP contribution in [0.5, 0.6) is 0 Å². The molecule has 1 aliphatic carbocycles. The van der Waals surface area contributed by atoms with E-state index < -0.39 is 0 Å². The van der Waals surface area contributed by atoms with Crippen molar-refractivity contribution >= 4 is 0 Å². The SMILES string of the molecule is CC(C)(C)C1CCC2(CC1)CCN(C(C)(C)C)CC2. The summed E-state index contributed by atoms with van der Waals surface area (Å²) < 4.78 is 0. The van der Waals surface area contributed by atoms with E-state index in [9.17, 15) is 0 Å². The molecule has 1 spiro atoms. The lowest BCUT2D eigenvalue weighted by atomic mass is 9.61. The van der Waals surface area contributed by atoms with Crippen molar-refractivity contribution in [2.45, 2.75) is 85.6 Å². The molecule has 2 rings (SSSR count). The van der Waals surface area contributed by atoms with Gasteiger partial charge in [0.05, 0.1) is 0 Å². The second-order valence-electron chi connectivity index (χ2n) is 9.30. The Morgan fingerprint density at radius 3 is 1.63 bits per heavy atom. The fourth-order valence-corrected chi connectivity index (χ4v) is 4.25. The van der Waals surface area contributed by atoms with E-state index in [0.717, 1.165) is 5.92 Å². The Kier molecular flexibility index (Phi) is 4.09. The van der Waals surface area contributed by atoms with Crippen LogP contribution in [0.4, 0.5) is 0 Å². The predicted molar refractivity (Wildman–Crippen MR) is 84.4 cm³/mol. The molecule has 2 aliphatic rings. The van der Waals surface area contributed by atoms with Crippen LogP contribution in [0.25, 0.3) is 0 Å². The van der Waals surface area contributed by atoms with E-state index in [1.165, 1.54) is 51.6 Å². The number of likely N-dealkylation sites (tertiary alicyclic amines) is 1. The van der Waals surface area contributed by atoms with Crippen molar-refractivity contribution in [1.82, 2.24) is 4.90 Å². The Bertz CT molecular complexity index is 253. The lowest BCUT2D eigenvalue weighted by molar-refractivity contribution is -0.00000166. The van der Waals surface area contributed by atoms with Gasteiger partial charge in [-0.25, -0.2) is 0 Å². The molecule has 1 aliphatic heterocycles. The first-order valence-electron chi connectivity index (χ1n) is 8.38. The lowest BCUT2D eigenvalue weighted by Crippen LogP contribution is -2.50. The molecular formula is C18H35N. The Labute approximate surface area is 121 Å². The summed E-state index contributed by atoms with van der Waals surface area (Å²) >= 11 is 0. The van der Waals surface area contributed by atoms with E-state index in [2.05, 4.69) is 46.4 Å². The zero-order valence-electron chi connectivity index (χ0n) is 14.2. The quantitative estimate of drug-likeness (QED) is 0.589. The van der Waals surface area contributed by atoms with Gasteiger partial charge in [0, 0.05) is 5.54 Å². The maximum Gasteiger partial charge on any atom is 0.0125 e. The van der Waals surface area contributed by atoms with Crippen LogP contribution in [-0.2, 0) is 0 Å². The summed E-state index contributed by atoms with van der Waals surface area (Å²) in [5.41, 5.74) is 1.60. The number of hydrogen-bond acceptors (Lipinski definition) is 1. The molecule has 0 aromatic rings. The van der Waals surface area contributed by atoms with Gasteiger partial charge in [-0.2, -0.15) is 0 Å². The molecule has 0 N–H and O–H groups in total. The minimum atomic E-state index is 0.365. The molecule has 0 aromatic carbocycles. The minimum Gasteiger partial charge on any atom is -0.298 e. The van der Waals surface area contributed by atoms with Crippen molar-refractivity contribution in [2.75, 3.05) is 13.1 Å². The smallest absolute Gasteiger partial charge is 0.0125 e. The maximum atomic E-state index is 2.69. The summed E-state index contributed by atoms with van der Waals surface area (Å²) in [6, 6.07) is 0. The van der Waals surface area contributed by atoms with Crippen LogP contribution in [0.2, 0.25) is 0 Å². The summed E-state index contributed by atoms with van der Waals surface area (Å²) in [5.74, 6) is 0.957. The van der Waals surface area contributed by atoms with E-state index >= 15 is 0 Å². The summed E-state index contributed by atoms with van der Waals surface area (Å²) in [7, 11) is 0. The van der Waals surface area contributed by atoms with E-state index in [0.29, 0.717) is 16.4 Å². The number of piperidine rings is 1. The van der Waals surface area contributed by atoms with Crippen molar-refractivity contribution in [3.8, 4) is 0 Å². The van der Waals surface area contributed by atoms with Crippen molar-refractivity contribution in [3.05, 3.63) is 0 Å². The highest BCUT2D eigenvalue weighted by Crippen LogP contribution is 2.50. The Morgan fingerprint density at radius 1 is 0.789 bits per heavy atom. The Balaban J connectivity index is 1.88. The number of hydrogen-bond donors (Lipinski definition) is 0. The van der Waals surface area contributed by atoms with Gasteiger partial charge in [0.25, 0.3) is 0 Å². The third kappa shape index (κ3) is 3.54. The van der Waals surface area contributed by atoms with Crippen molar-refractivity contribution in [2.24, 2.45) is 16.7 Å². The van der Waals surface area contributed by atoms with Gasteiger partial charge < -0.3 is 0 Å². The molecule has 1 heterocycles. The fraction of sp³-hybridized carbons (Fsp3) is 1.00.